The lowest BCUT2D eigenvalue weighted by molar-refractivity contribution is -0.123. The summed E-state index contributed by atoms with van der Waals surface area (Å²) in [6, 6.07) is 0. The van der Waals surface area contributed by atoms with Crippen molar-refractivity contribution in [2.24, 2.45) is 0 Å². The van der Waals surface area contributed by atoms with Crippen molar-refractivity contribution in [1.29, 1.82) is 0 Å². The number of hydrogen-bond acceptors (Lipinski definition) is 3. The molecule has 0 saturated heterocycles. The van der Waals surface area contributed by atoms with Crippen LogP contribution in [0.3, 0.4) is 0 Å². The van der Waals surface area contributed by atoms with Crippen molar-refractivity contribution < 1.29 is 9.90 Å². The van der Waals surface area contributed by atoms with E-state index in [1.54, 1.807) is 27.8 Å². The summed E-state index contributed by atoms with van der Waals surface area (Å²) in [6.45, 7) is 5.49. The number of likely N-dealkylation sites (N-methyl/N-ethyl adjacent to an activating group) is 1. The zero-order valence-corrected chi connectivity index (χ0v) is 8.14. The molecule has 3 N–H and O–H groups in total. The molecule has 0 aromatic rings. The van der Waals surface area contributed by atoms with Crippen molar-refractivity contribution in [3.05, 3.63) is 0 Å². The fourth-order valence-corrected chi connectivity index (χ4v) is 0.669. The number of aliphatic hydroxyl groups is 1. The number of aliphatic hydroxyl groups excluding tert-OH is 1. The topological polar surface area (TPSA) is 61.4 Å². The van der Waals surface area contributed by atoms with Crippen LogP contribution >= 0.6 is 0 Å². The Kier molecular flexibility index (Phi) is 4.20. The average molecular weight is 174 g/mol. The lowest BCUT2D eigenvalue weighted by atomic mass is 9.99. The first kappa shape index (κ1) is 11.4. The Hall–Kier alpha value is -0.610. The van der Waals surface area contributed by atoms with Crippen molar-refractivity contribution >= 4 is 5.91 Å². The fraction of sp³-hybridized carbons (Fsp3) is 0.875. The van der Waals surface area contributed by atoms with Gasteiger partial charge in [0.25, 0.3) is 0 Å². The normalized spacial score (nSPS) is 14.1. The van der Waals surface area contributed by atoms with Gasteiger partial charge in [0.2, 0.25) is 5.91 Å². The molecule has 0 saturated carbocycles. The maximum atomic E-state index is 11.1. The largest absolute Gasteiger partial charge is 0.391 e. The van der Waals surface area contributed by atoms with E-state index in [2.05, 4.69) is 10.6 Å². The minimum atomic E-state index is -0.562. The molecular weight excluding hydrogens is 156 g/mol. The predicted octanol–water partition coefficient (Wildman–Crippen LogP) is -0.519. The van der Waals surface area contributed by atoms with Crippen LogP contribution in [-0.4, -0.2) is 36.2 Å². The maximum Gasteiger partial charge on any atom is 0.234 e. The molecule has 0 aromatic heterocycles. The molecule has 72 valence electrons. The van der Waals surface area contributed by atoms with Gasteiger partial charge < -0.3 is 15.7 Å². The Morgan fingerprint density at radius 3 is 2.42 bits per heavy atom. The summed E-state index contributed by atoms with van der Waals surface area (Å²) in [5.74, 6) is -0.108. The molecule has 0 aromatic carbocycles. The third-order valence-electron chi connectivity index (χ3n) is 1.84. The van der Waals surface area contributed by atoms with Gasteiger partial charge in [0.05, 0.1) is 18.2 Å². The second-order valence-electron chi connectivity index (χ2n) is 3.48. The van der Waals surface area contributed by atoms with Crippen LogP contribution in [0.15, 0.2) is 0 Å². The molecule has 0 heterocycles. The second-order valence-corrected chi connectivity index (χ2v) is 3.48. The van der Waals surface area contributed by atoms with Crippen LogP contribution < -0.4 is 10.6 Å². The Balaban J connectivity index is 3.97. The highest BCUT2D eigenvalue weighted by molar-refractivity contribution is 5.78. The summed E-state index contributed by atoms with van der Waals surface area (Å²) in [4.78, 5) is 11.1. The third kappa shape index (κ3) is 3.69. The summed E-state index contributed by atoms with van der Waals surface area (Å²) in [6.07, 6.45) is -0.557. The molecule has 0 spiro atoms. The molecule has 1 unspecified atom stereocenters. The highest BCUT2D eigenvalue weighted by Crippen LogP contribution is 2.07. The molecule has 4 nitrogen and oxygen atoms in total. The quantitative estimate of drug-likeness (QED) is 0.537. The molecule has 0 rings (SSSR count). The summed E-state index contributed by atoms with van der Waals surface area (Å²) >= 11 is 0. The van der Waals surface area contributed by atoms with Gasteiger partial charge in [-0.3, -0.25) is 4.79 Å². The Labute approximate surface area is 73.3 Å². The number of rotatable bonds is 4. The number of hydrogen-bond donors (Lipinski definition) is 3. The van der Waals surface area contributed by atoms with Gasteiger partial charge in [0.1, 0.15) is 0 Å². The van der Waals surface area contributed by atoms with E-state index >= 15 is 0 Å². The lowest BCUT2D eigenvalue weighted by Gasteiger charge is -2.29. The Bertz CT molecular complexity index is 155. The van der Waals surface area contributed by atoms with Crippen molar-refractivity contribution in [3.8, 4) is 0 Å². The third-order valence-corrected chi connectivity index (χ3v) is 1.84. The summed E-state index contributed by atoms with van der Waals surface area (Å²) in [7, 11) is 1.70. The molecule has 12 heavy (non-hydrogen) atoms. The first-order valence-electron chi connectivity index (χ1n) is 4.04. The van der Waals surface area contributed by atoms with Crippen molar-refractivity contribution in [2.45, 2.75) is 32.4 Å². The van der Waals surface area contributed by atoms with Crippen LogP contribution in [0.4, 0.5) is 0 Å². The van der Waals surface area contributed by atoms with Crippen molar-refractivity contribution in [3.63, 3.8) is 0 Å². The molecule has 1 amide bonds. The summed E-state index contributed by atoms with van der Waals surface area (Å²) in [5.41, 5.74) is -0.562. The van der Waals surface area contributed by atoms with Crippen LogP contribution in [0, 0.1) is 0 Å². The number of carbonyl (C=O) groups excluding carboxylic acids is 1. The molecule has 0 aliphatic carbocycles. The van der Waals surface area contributed by atoms with E-state index in [1.807, 2.05) is 0 Å². The van der Waals surface area contributed by atoms with Gasteiger partial charge in [-0.1, -0.05) is 0 Å². The van der Waals surface area contributed by atoms with Gasteiger partial charge in [-0.05, 0) is 27.8 Å². The van der Waals surface area contributed by atoms with Crippen molar-refractivity contribution in [1.82, 2.24) is 10.6 Å². The number of nitrogens with one attached hydrogen (secondary N) is 2. The molecule has 0 aliphatic rings. The van der Waals surface area contributed by atoms with E-state index in [4.69, 9.17) is 0 Å². The molecule has 4 heteroatoms. The van der Waals surface area contributed by atoms with E-state index in [0.29, 0.717) is 0 Å². The van der Waals surface area contributed by atoms with Crippen LogP contribution in [0.1, 0.15) is 20.8 Å². The van der Waals surface area contributed by atoms with Gasteiger partial charge in [0, 0.05) is 0 Å². The monoisotopic (exact) mass is 174 g/mol. The zero-order chi connectivity index (χ0) is 9.78. The van der Waals surface area contributed by atoms with E-state index in [-0.39, 0.29) is 12.5 Å². The minimum Gasteiger partial charge on any atom is -0.391 e. The summed E-state index contributed by atoms with van der Waals surface area (Å²) in [5, 5.41) is 14.7. The zero-order valence-electron chi connectivity index (χ0n) is 8.14. The predicted molar refractivity (Wildman–Crippen MR) is 47.8 cm³/mol. The Morgan fingerprint density at radius 2 is 2.08 bits per heavy atom. The van der Waals surface area contributed by atoms with Gasteiger partial charge in [0.15, 0.2) is 0 Å². The van der Waals surface area contributed by atoms with E-state index in [1.165, 1.54) is 0 Å². The minimum absolute atomic E-state index is 0.108. The van der Waals surface area contributed by atoms with Crippen LogP contribution in [0.5, 0.6) is 0 Å². The van der Waals surface area contributed by atoms with E-state index in [0.717, 1.165) is 0 Å². The molecule has 0 aliphatic heterocycles. The fourth-order valence-electron chi connectivity index (χ4n) is 0.669. The first-order chi connectivity index (χ1) is 5.40. The Morgan fingerprint density at radius 1 is 1.58 bits per heavy atom. The van der Waals surface area contributed by atoms with Crippen molar-refractivity contribution in [2.75, 3.05) is 13.6 Å². The SMILES string of the molecule is CNCC(=O)NC(C)(C)C(C)O. The first-order valence-corrected chi connectivity index (χ1v) is 4.04. The smallest absolute Gasteiger partial charge is 0.234 e. The summed E-state index contributed by atoms with van der Waals surface area (Å²) < 4.78 is 0. The van der Waals surface area contributed by atoms with Gasteiger partial charge >= 0.3 is 0 Å². The van der Waals surface area contributed by atoms with Crippen LogP contribution in [0.2, 0.25) is 0 Å². The average Bonchev–Trinajstić information content (AvgIpc) is 1.85. The highest BCUT2D eigenvalue weighted by Gasteiger charge is 2.25. The molecular formula is C8H18N2O2. The van der Waals surface area contributed by atoms with E-state index in [9.17, 15) is 9.90 Å². The molecule has 1 atom stereocenters. The van der Waals surface area contributed by atoms with E-state index < -0.39 is 11.6 Å². The van der Waals surface area contributed by atoms with Crippen LogP contribution in [-0.2, 0) is 4.79 Å². The van der Waals surface area contributed by atoms with Gasteiger partial charge in [-0.15, -0.1) is 0 Å². The maximum absolute atomic E-state index is 11.1. The number of amides is 1. The molecule has 0 bridgehead atoms. The highest BCUT2D eigenvalue weighted by atomic mass is 16.3. The standard InChI is InChI=1S/C8H18N2O2/c1-6(11)8(2,3)10-7(12)5-9-4/h6,9,11H,5H2,1-4H3,(H,10,12). The number of carbonyl (C=O) groups is 1. The van der Waals surface area contributed by atoms with Crippen LogP contribution in [0.25, 0.3) is 0 Å². The van der Waals surface area contributed by atoms with Gasteiger partial charge in [-0.25, -0.2) is 0 Å². The lowest BCUT2D eigenvalue weighted by Crippen LogP contribution is -2.52. The molecule has 0 fully saturated rings. The second kappa shape index (κ2) is 4.42. The molecule has 0 radical (unpaired) electrons. The van der Waals surface area contributed by atoms with Gasteiger partial charge in [-0.2, -0.15) is 0 Å².